The number of carbonyl (C=O) groups excluding carboxylic acids is 1. The van der Waals surface area contributed by atoms with Gasteiger partial charge in [0.05, 0.1) is 11.7 Å². The minimum atomic E-state index is -1.05. The number of amides is 1. The smallest absolute Gasteiger partial charge is 0.352 e. The number of aromatic nitrogens is 1. The molecule has 2 heterocycles. The van der Waals surface area contributed by atoms with E-state index in [0.29, 0.717) is 29.9 Å². The second kappa shape index (κ2) is 5.89. The molecule has 2 rings (SSSR count). The first-order valence-electron chi connectivity index (χ1n) is 7.22. The number of rotatable bonds is 3. The number of piperidine rings is 1. The number of likely N-dealkylation sites (tertiary alicyclic amines) is 1. The van der Waals surface area contributed by atoms with E-state index in [-0.39, 0.29) is 23.6 Å². The Morgan fingerprint density at radius 2 is 1.86 bits per heavy atom. The third-order valence-corrected chi connectivity index (χ3v) is 4.37. The van der Waals surface area contributed by atoms with Gasteiger partial charge in [0.25, 0.3) is 5.91 Å². The zero-order chi connectivity index (χ0) is 15.7. The van der Waals surface area contributed by atoms with Crippen molar-refractivity contribution < 1.29 is 19.8 Å². The van der Waals surface area contributed by atoms with E-state index in [2.05, 4.69) is 4.98 Å². The number of carboxylic acid groups (broad SMARTS) is 1. The van der Waals surface area contributed by atoms with E-state index in [0.717, 1.165) is 12.8 Å². The Hall–Kier alpha value is -1.82. The van der Waals surface area contributed by atoms with Crippen LogP contribution in [0.1, 0.15) is 51.9 Å². The van der Waals surface area contributed by atoms with Crippen molar-refractivity contribution >= 4 is 11.9 Å². The second-order valence-corrected chi connectivity index (χ2v) is 5.80. The zero-order valence-corrected chi connectivity index (χ0v) is 12.6. The molecular formula is C15H22N2O4. The molecule has 0 aromatic carbocycles. The molecule has 1 atom stereocenters. The van der Waals surface area contributed by atoms with Gasteiger partial charge in [0, 0.05) is 18.8 Å². The van der Waals surface area contributed by atoms with Crippen molar-refractivity contribution in [3.63, 3.8) is 0 Å². The molecule has 1 aliphatic rings. The fourth-order valence-electron chi connectivity index (χ4n) is 3.03. The zero-order valence-electron chi connectivity index (χ0n) is 12.6. The van der Waals surface area contributed by atoms with Crippen LogP contribution in [0.5, 0.6) is 0 Å². The number of nitrogens with zero attached hydrogens (tertiary/aromatic N) is 1. The summed E-state index contributed by atoms with van der Waals surface area (Å²) < 4.78 is 0. The molecule has 0 bridgehead atoms. The van der Waals surface area contributed by atoms with Gasteiger partial charge in [0.2, 0.25) is 0 Å². The maximum absolute atomic E-state index is 12.6. The number of aromatic carboxylic acids is 1. The highest BCUT2D eigenvalue weighted by atomic mass is 16.4. The maximum Gasteiger partial charge on any atom is 0.352 e. The topological polar surface area (TPSA) is 93.6 Å². The molecule has 0 aliphatic carbocycles. The van der Waals surface area contributed by atoms with Gasteiger partial charge in [-0.25, -0.2) is 4.79 Å². The Bertz CT molecular complexity index is 554. The fraction of sp³-hybridized carbons (Fsp3) is 0.600. The molecular weight excluding hydrogens is 272 g/mol. The van der Waals surface area contributed by atoms with Crippen molar-refractivity contribution in [3.8, 4) is 0 Å². The van der Waals surface area contributed by atoms with Crippen LogP contribution in [0.3, 0.4) is 0 Å². The number of carbonyl (C=O) groups is 2. The lowest BCUT2D eigenvalue weighted by molar-refractivity contribution is 0.0520. The Balaban J connectivity index is 2.17. The van der Waals surface area contributed by atoms with Gasteiger partial charge in [-0.3, -0.25) is 4.79 Å². The molecule has 0 saturated carbocycles. The predicted octanol–water partition coefficient (Wildman–Crippen LogP) is 1.56. The van der Waals surface area contributed by atoms with E-state index in [9.17, 15) is 14.7 Å². The van der Waals surface area contributed by atoms with Crippen LogP contribution in [0.15, 0.2) is 0 Å². The summed E-state index contributed by atoms with van der Waals surface area (Å²) in [6.45, 7) is 6.35. The van der Waals surface area contributed by atoms with Gasteiger partial charge in [-0.1, -0.05) is 0 Å². The molecule has 1 amide bonds. The van der Waals surface area contributed by atoms with Crippen molar-refractivity contribution in [1.29, 1.82) is 0 Å². The van der Waals surface area contributed by atoms with Gasteiger partial charge < -0.3 is 20.1 Å². The minimum absolute atomic E-state index is 0.0784. The summed E-state index contributed by atoms with van der Waals surface area (Å²) in [5.74, 6) is -0.947. The molecule has 1 aromatic heterocycles. The van der Waals surface area contributed by atoms with Crippen molar-refractivity contribution in [2.75, 3.05) is 13.1 Å². The van der Waals surface area contributed by atoms with Crippen LogP contribution in [0.4, 0.5) is 0 Å². The predicted molar refractivity (Wildman–Crippen MR) is 77.5 cm³/mol. The molecule has 0 spiro atoms. The summed E-state index contributed by atoms with van der Waals surface area (Å²) in [5, 5.41) is 18.7. The molecule has 0 radical (unpaired) electrons. The molecule has 6 heteroatoms. The third kappa shape index (κ3) is 2.95. The number of aliphatic hydroxyl groups excluding tert-OH is 1. The number of nitrogens with one attached hydrogen (secondary N) is 1. The molecule has 21 heavy (non-hydrogen) atoms. The summed E-state index contributed by atoms with van der Waals surface area (Å²) in [5.41, 5.74) is 1.62. The van der Waals surface area contributed by atoms with E-state index < -0.39 is 5.97 Å². The molecule has 1 aromatic rings. The van der Waals surface area contributed by atoms with Gasteiger partial charge in [-0.2, -0.15) is 0 Å². The summed E-state index contributed by atoms with van der Waals surface area (Å²) in [6, 6.07) is 0. The number of carboxylic acids is 1. The van der Waals surface area contributed by atoms with Crippen LogP contribution in [-0.2, 0) is 0 Å². The van der Waals surface area contributed by atoms with E-state index in [1.807, 2.05) is 0 Å². The molecule has 3 N–H and O–H groups in total. The summed E-state index contributed by atoms with van der Waals surface area (Å²) in [7, 11) is 0. The van der Waals surface area contributed by atoms with Crippen LogP contribution in [0, 0.1) is 19.8 Å². The highest BCUT2D eigenvalue weighted by Crippen LogP contribution is 2.25. The van der Waals surface area contributed by atoms with Crippen LogP contribution in [-0.4, -0.2) is 51.2 Å². The average molecular weight is 294 g/mol. The Morgan fingerprint density at radius 1 is 1.29 bits per heavy atom. The fourth-order valence-corrected chi connectivity index (χ4v) is 3.03. The van der Waals surface area contributed by atoms with Gasteiger partial charge >= 0.3 is 5.97 Å². The standard InChI is InChI=1S/C15H22N2O4/c1-8-12(9(2)16-13(8)15(20)21)14(19)17-6-4-11(5-7-17)10(3)18/h10-11,16,18H,4-7H2,1-3H3,(H,20,21). The van der Waals surface area contributed by atoms with Gasteiger partial charge in [0.15, 0.2) is 0 Å². The quantitative estimate of drug-likeness (QED) is 0.788. The Labute approximate surface area is 123 Å². The van der Waals surface area contributed by atoms with Crippen molar-refractivity contribution in [2.45, 2.75) is 39.7 Å². The van der Waals surface area contributed by atoms with Crippen LogP contribution in [0.2, 0.25) is 0 Å². The highest BCUT2D eigenvalue weighted by molar-refractivity contribution is 6.00. The SMILES string of the molecule is Cc1[nH]c(C(=O)O)c(C)c1C(=O)N1CCC(C(C)O)CC1. The second-order valence-electron chi connectivity index (χ2n) is 5.80. The largest absolute Gasteiger partial charge is 0.477 e. The van der Waals surface area contributed by atoms with Crippen LogP contribution >= 0.6 is 0 Å². The Morgan fingerprint density at radius 3 is 2.29 bits per heavy atom. The molecule has 116 valence electrons. The van der Waals surface area contributed by atoms with Crippen LogP contribution < -0.4 is 0 Å². The summed E-state index contributed by atoms with van der Waals surface area (Å²) in [4.78, 5) is 28.2. The van der Waals surface area contributed by atoms with Crippen molar-refractivity contribution in [2.24, 2.45) is 5.92 Å². The van der Waals surface area contributed by atoms with Gasteiger partial charge in [0.1, 0.15) is 5.69 Å². The lowest BCUT2D eigenvalue weighted by Crippen LogP contribution is -2.41. The normalized spacial score (nSPS) is 17.8. The first-order valence-corrected chi connectivity index (χ1v) is 7.22. The minimum Gasteiger partial charge on any atom is -0.477 e. The molecule has 1 saturated heterocycles. The number of aryl methyl sites for hydroxylation is 1. The first kappa shape index (κ1) is 15.6. The van der Waals surface area contributed by atoms with E-state index in [1.165, 1.54) is 0 Å². The number of aromatic amines is 1. The molecule has 1 fully saturated rings. The lowest BCUT2D eigenvalue weighted by atomic mass is 9.92. The van der Waals surface area contributed by atoms with E-state index in [4.69, 9.17) is 5.11 Å². The number of hydrogen-bond acceptors (Lipinski definition) is 3. The number of H-pyrrole nitrogens is 1. The van der Waals surface area contributed by atoms with Crippen molar-refractivity contribution in [3.05, 3.63) is 22.5 Å². The van der Waals surface area contributed by atoms with Crippen LogP contribution in [0.25, 0.3) is 0 Å². The first-order chi connectivity index (χ1) is 9.82. The number of aliphatic hydroxyl groups is 1. The monoisotopic (exact) mass is 294 g/mol. The summed E-state index contributed by atoms with van der Waals surface area (Å²) in [6.07, 6.45) is 1.20. The molecule has 1 unspecified atom stereocenters. The Kier molecular flexibility index (Phi) is 4.37. The van der Waals surface area contributed by atoms with Crippen molar-refractivity contribution in [1.82, 2.24) is 9.88 Å². The van der Waals surface area contributed by atoms with E-state index in [1.54, 1.807) is 25.7 Å². The van der Waals surface area contributed by atoms with Gasteiger partial charge in [-0.05, 0) is 45.1 Å². The average Bonchev–Trinajstić information content (AvgIpc) is 2.73. The third-order valence-electron chi connectivity index (χ3n) is 4.37. The van der Waals surface area contributed by atoms with E-state index >= 15 is 0 Å². The van der Waals surface area contributed by atoms with Gasteiger partial charge in [-0.15, -0.1) is 0 Å². The molecule has 6 nitrogen and oxygen atoms in total. The highest BCUT2D eigenvalue weighted by Gasteiger charge is 2.29. The lowest BCUT2D eigenvalue weighted by Gasteiger charge is -2.33. The maximum atomic E-state index is 12.6. The summed E-state index contributed by atoms with van der Waals surface area (Å²) >= 11 is 0. The molecule has 1 aliphatic heterocycles. The number of hydrogen-bond donors (Lipinski definition) is 3.